The fourth-order valence-electron chi connectivity index (χ4n) is 6.54. The first-order chi connectivity index (χ1) is 31.6. The van der Waals surface area contributed by atoms with Crippen LogP contribution in [0.4, 0.5) is 0 Å². The predicted octanol–water partition coefficient (Wildman–Crippen LogP) is 12.6. The molecule has 0 unspecified atom stereocenters. The number of aromatic nitrogens is 3. The van der Waals surface area contributed by atoms with Crippen LogP contribution < -0.4 is 0 Å². The Balaban J connectivity index is 1.24. The molecule has 0 aliphatic carbocycles. The first kappa shape index (κ1) is 18.2. The number of para-hydroxylation sites is 1. The molecule has 5 heteroatoms. The molecule has 5 nitrogen and oxygen atoms in total. The van der Waals surface area contributed by atoms with E-state index in [0.29, 0.717) is 27.7 Å². The minimum absolute atomic E-state index is 0.0170. The summed E-state index contributed by atoms with van der Waals surface area (Å²) in [5, 5.41) is 0.763. The van der Waals surface area contributed by atoms with Gasteiger partial charge in [-0.05, 0) is 75.0 Å². The molecule has 8 aromatic carbocycles. The molecule has 0 aliphatic heterocycles. The molecule has 0 amide bonds. The van der Waals surface area contributed by atoms with Gasteiger partial charge in [0.05, 0.1) is 19.2 Å². The van der Waals surface area contributed by atoms with Gasteiger partial charge in [0.2, 0.25) is 0 Å². The van der Waals surface area contributed by atoms with Gasteiger partial charge in [-0.2, -0.15) is 0 Å². The number of nitrogens with zero attached hydrogens (tertiary/aromatic N) is 3. The van der Waals surface area contributed by atoms with E-state index in [1.54, 1.807) is 48.5 Å². The third kappa shape index (κ3) is 4.53. The number of hydrogen-bond acceptors (Lipinski definition) is 5. The molecule has 242 valence electrons. The molecule has 0 spiro atoms. The van der Waals surface area contributed by atoms with Crippen LogP contribution in [0.15, 0.2) is 172 Å². The Morgan fingerprint density at radius 2 is 1.19 bits per heavy atom. The molecular formula is C47H27N3O2. The van der Waals surface area contributed by atoms with Crippen LogP contribution in [-0.4, -0.2) is 15.0 Å². The summed E-state index contributed by atoms with van der Waals surface area (Å²) >= 11 is 0. The highest BCUT2D eigenvalue weighted by molar-refractivity contribution is 6.13. The van der Waals surface area contributed by atoms with Crippen molar-refractivity contribution in [2.24, 2.45) is 0 Å². The molecule has 0 N–H and O–H groups in total. The second kappa shape index (κ2) is 11.2. The average Bonchev–Trinajstić information content (AvgIpc) is 3.89. The largest absolute Gasteiger partial charge is 0.456 e. The lowest BCUT2D eigenvalue weighted by atomic mass is 9.99. The molecule has 0 saturated heterocycles. The zero-order valence-electron chi connectivity index (χ0n) is 40.7. The SMILES string of the molecule is [2H]c1cc2c(c([2H])c1[2H])c([2H])c([2H])c1c([2H])c(-c3nc(-c4ccccc4)nc(-c4c([2H])c([2H])c([2H])c5oc6c([2H])c([2H])c(-c7ccc8oc9ccccc9c8c7)c([2H])c6c45)n3)c([2H])c([2H])c12. The molecule has 11 rings (SSSR count). The monoisotopic (exact) mass is 679 g/mol. The van der Waals surface area contributed by atoms with Crippen LogP contribution in [-0.2, 0) is 0 Å². The molecule has 11 aromatic rings. The molecule has 0 saturated carbocycles. The number of hydrogen-bond donors (Lipinski definition) is 0. The Kier molecular flexibility index (Phi) is 3.93. The van der Waals surface area contributed by atoms with Gasteiger partial charge in [0.25, 0.3) is 0 Å². The summed E-state index contributed by atoms with van der Waals surface area (Å²) in [6.45, 7) is 0. The zero-order chi connectivity index (χ0) is 46.4. The minimum atomic E-state index is -0.616. The van der Waals surface area contributed by atoms with Gasteiger partial charge in [-0.3, -0.25) is 0 Å². The summed E-state index contributed by atoms with van der Waals surface area (Å²) in [6, 6.07) is 15.3. The lowest BCUT2D eigenvalue weighted by Gasteiger charge is -2.10. The van der Waals surface area contributed by atoms with Crippen molar-refractivity contribution in [3.63, 3.8) is 0 Å². The Morgan fingerprint density at radius 1 is 0.404 bits per heavy atom. The molecule has 0 aliphatic rings. The molecular weight excluding hydrogens is 639 g/mol. The van der Waals surface area contributed by atoms with Gasteiger partial charge in [-0.25, -0.2) is 15.0 Å². The molecule has 0 bridgehead atoms. The van der Waals surface area contributed by atoms with Crippen LogP contribution in [0, 0.1) is 0 Å². The maximum Gasteiger partial charge on any atom is 0.164 e. The van der Waals surface area contributed by atoms with E-state index in [9.17, 15) is 6.85 Å². The second-order valence-electron chi connectivity index (χ2n) is 12.1. The van der Waals surface area contributed by atoms with Gasteiger partial charge in [0.15, 0.2) is 17.5 Å². The van der Waals surface area contributed by atoms with Crippen LogP contribution in [0.3, 0.4) is 0 Å². The first-order valence-corrected chi connectivity index (χ1v) is 16.2. The fraction of sp³-hybridized carbons (Fsp3) is 0. The topological polar surface area (TPSA) is 65.0 Å². The maximum atomic E-state index is 9.70. The lowest BCUT2D eigenvalue weighted by Crippen LogP contribution is -2.00. The Morgan fingerprint density at radius 3 is 2.13 bits per heavy atom. The highest BCUT2D eigenvalue weighted by Gasteiger charge is 2.19. The van der Waals surface area contributed by atoms with Gasteiger partial charge in [-0.1, -0.05) is 121 Å². The van der Waals surface area contributed by atoms with E-state index in [1.807, 2.05) is 24.3 Å². The Bertz CT molecular complexity index is 4000. The van der Waals surface area contributed by atoms with Crippen molar-refractivity contribution in [3.05, 3.63) is 163 Å². The molecule has 0 fully saturated rings. The number of benzene rings is 8. The highest BCUT2D eigenvalue weighted by Crippen LogP contribution is 2.40. The van der Waals surface area contributed by atoms with Crippen LogP contribution in [0.5, 0.6) is 0 Å². The van der Waals surface area contributed by atoms with Crippen molar-refractivity contribution in [3.8, 4) is 45.3 Å². The van der Waals surface area contributed by atoms with E-state index in [2.05, 4.69) is 4.98 Å². The number of fused-ring (bicyclic) bond motifs is 9. The van der Waals surface area contributed by atoms with Gasteiger partial charge in [-0.15, -0.1) is 0 Å². The normalized spacial score (nSPS) is 15.6. The zero-order valence-corrected chi connectivity index (χ0v) is 26.7. The molecule has 52 heavy (non-hydrogen) atoms. The van der Waals surface area contributed by atoms with E-state index in [0.717, 1.165) is 5.39 Å². The van der Waals surface area contributed by atoms with Gasteiger partial charge in [0.1, 0.15) is 22.3 Å². The molecule has 3 heterocycles. The van der Waals surface area contributed by atoms with Gasteiger partial charge >= 0.3 is 0 Å². The fourth-order valence-corrected chi connectivity index (χ4v) is 6.54. The molecule has 3 aromatic heterocycles. The summed E-state index contributed by atoms with van der Waals surface area (Å²) in [4.78, 5) is 14.1. The summed E-state index contributed by atoms with van der Waals surface area (Å²) in [5.74, 6) is -0.741. The summed E-state index contributed by atoms with van der Waals surface area (Å²) in [7, 11) is 0. The van der Waals surface area contributed by atoms with E-state index in [-0.39, 0.29) is 95.8 Å². The number of rotatable bonds is 4. The van der Waals surface area contributed by atoms with Crippen molar-refractivity contribution in [1.82, 2.24) is 15.0 Å². The van der Waals surface area contributed by atoms with Crippen molar-refractivity contribution in [2.75, 3.05) is 0 Å². The van der Waals surface area contributed by atoms with Crippen molar-refractivity contribution in [2.45, 2.75) is 0 Å². The maximum absolute atomic E-state index is 9.70. The van der Waals surface area contributed by atoms with Crippen LogP contribution in [0.25, 0.3) is 111 Å². The van der Waals surface area contributed by atoms with Gasteiger partial charge < -0.3 is 8.83 Å². The van der Waals surface area contributed by atoms with E-state index in [4.69, 9.17) is 31.1 Å². The standard InChI is InChI=1S/C47H27N3O2/c1-2-10-29(11-3-1)45-48-46(33-19-22-35-32(25-33)18-17-28-9-4-5-12-34(28)35)50-47(49-45)37-14-8-16-43-44(37)39-27-31(21-24-42(39)52-43)30-20-23-41-38(26-30)36-13-6-7-15-40(36)51-41/h1-27H/i4D,5D,8D,9D,14D,16D,17D,18D,19D,21D,22D,24D,25D,27D. The first-order valence-electron chi connectivity index (χ1n) is 23.2. The van der Waals surface area contributed by atoms with E-state index < -0.39 is 66.5 Å². The second-order valence-corrected chi connectivity index (χ2v) is 12.1. The van der Waals surface area contributed by atoms with Gasteiger partial charge in [0, 0.05) is 38.2 Å². The van der Waals surface area contributed by atoms with Crippen molar-refractivity contribution in [1.29, 1.82) is 0 Å². The lowest BCUT2D eigenvalue weighted by molar-refractivity contribution is 0.668. The average molecular weight is 680 g/mol. The van der Waals surface area contributed by atoms with Crippen molar-refractivity contribution >= 4 is 65.4 Å². The van der Waals surface area contributed by atoms with Crippen LogP contribution >= 0.6 is 0 Å². The number of furan rings is 2. The Hall–Kier alpha value is -7.11. The predicted molar refractivity (Wildman–Crippen MR) is 211 cm³/mol. The summed E-state index contributed by atoms with van der Waals surface area (Å²) < 4.78 is 138. The smallest absolute Gasteiger partial charge is 0.164 e. The van der Waals surface area contributed by atoms with Crippen LogP contribution in [0.1, 0.15) is 19.2 Å². The molecule has 0 radical (unpaired) electrons. The quantitative estimate of drug-likeness (QED) is 0.173. The van der Waals surface area contributed by atoms with E-state index in [1.165, 1.54) is 6.07 Å². The molecule has 0 atom stereocenters. The third-order valence-electron chi connectivity index (χ3n) is 8.99. The Labute approximate surface area is 317 Å². The summed E-state index contributed by atoms with van der Waals surface area (Å²) in [5.41, 5.74) is 0.932. The third-order valence-corrected chi connectivity index (χ3v) is 8.99. The highest BCUT2D eigenvalue weighted by atomic mass is 16.3. The van der Waals surface area contributed by atoms with Crippen LogP contribution in [0.2, 0.25) is 0 Å². The van der Waals surface area contributed by atoms with Crippen molar-refractivity contribution < 1.29 is 28.0 Å². The minimum Gasteiger partial charge on any atom is -0.456 e. The summed E-state index contributed by atoms with van der Waals surface area (Å²) in [6.07, 6.45) is 0. The van der Waals surface area contributed by atoms with E-state index >= 15 is 0 Å².